The van der Waals surface area contributed by atoms with Gasteiger partial charge in [0.15, 0.2) is 0 Å². The number of hydrogen-bond acceptors (Lipinski definition) is 3. The van der Waals surface area contributed by atoms with E-state index >= 15 is 0 Å². The van der Waals surface area contributed by atoms with Crippen LogP contribution in [0.4, 0.5) is 0 Å². The predicted molar refractivity (Wildman–Crippen MR) is 53.7 cm³/mol. The molecule has 2 heterocycles. The summed E-state index contributed by atoms with van der Waals surface area (Å²) in [5.74, 6) is 0. The normalized spacial score (nSPS) is 23.1. The van der Waals surface area contributed by atoms with Crippen molar-refractivity contribution in [3.05, 3.63) is 18.0 Å². The summed E-state index contributed by atoms with van der Waals surface area (Å²) in [5.41, 5.74) is 1.09. The van der Waals surface area contributed by atoms with E-state index in [9.17, 15) is 0 Å². The first-order valence-electron chi connectivity index (χ1n) is 5.13. The van der Waals surface area contributed by atoms with Crippen molar-refractivity contribution in [1.82, 2.24) is 14.7 Å². The topological polar surface area (TPSA) is 41.3 Å². The summed E-state index contributed by atoms with van der Waals surface area (Å²) in [7, 11) is 1.93. The van der Waals surface area contributed by atoms with Gasteiger partial charge in [0.05, 0.1) is 12.3 Å². The van der Waals surface area contributed by atoms with Gasteiger partial charge in [-0.2, -0.15) is 5.10 Å². The summed E-state index contributed by atoms with van der Waals surface area (Å²) in [5, 5.41) is 13.5. The number of aryl methyl sites for hydroxylation is 1. The highest BCUT2D eigenvalue weighted by Crippen LogP contribution is 2.18. The highest BCUT2D eigenvalue weighted by Gasteiger charge is 2.23. The van der Waals surface area contributed by atoms with Crippen molar-refractivity contribution in [2.75, 3.05) is 13.2 Å². The lowest BCUT2D eigenvalue weighted by Gasteiger charge is -2.21. The standard InChI is InChI=1S/C10H17N3O/c1-12-6-4-9(11-12)7-13-5-2-3-10(13)8-14/h4,6,10,14H,2-3,5,7-8H2,1H3/t10-/m1/s1. The number of nitrogens with zero attached hydrogens (tertiary/aromatic N) is 3. The van der Waals surface area contributed by atoms with Crippen LogP contribution in [0.2, 0.25) is 0 Å². The highest BCUT2D eigenvalue weighted by atomic mass is 16.3. The number of aliphatic hydroxyl groups is 1. The Bertz CT molecular complexity index is 297. The summed E-state index contributed by atoms with van der Waals surface area (Å²) < 4.78 is 1.82. The Kier molecular flexibility index (Phi) is 2.84. The van der Waals surface area contributed by atoms with Gasteiger partial charge in [-0.15, -0.1) is 0 Å². The molecule has 0 bridgehead atoms. The summed E-state index contributed by atoms with van der Waals surface area (Å²) in [6.45, 7) is 2.22. The second-order valence-corrected chi connectivity index (χ2v) is 3.93. The smallest absolute Gasteiger partial charge is 0.0764 e. The minimum absolute atomic E-state index is 0.271. The molecular formula is C10H17N3O. The van der Waals surface area contributed by atoms with Crippen LogP contribution in [-0.2, 0) is 13.6 Å². The van der Waals surface area contributed by atoms with E-state index in [1.54, 1.807) is 0 Å². The fraction of sp³-hybridized carbons (Fsp3) is 0.700. The molecule has 0 unspecified atom stereocenters. The molecule has 0 aromatic carbocycles. The summed E-state index contributed by atoms with van der Waals surface area (Å²) in [6.07, 6.45) is 4.26. The second kappa shape index (κ2) is 4.11. The van der Waals surface area contributed by atoms with E-state index in [0.29, 0.717) is 6.04 Å². The molecule has 1 saturated heterocycles. The van der Waals surface area contributed by atoms with Crippen molar-refractivity contribution in [1.29, 1.82) is 0 Å². The Hall–Kier alpha value is -0.870. The molecule has 0 saturated carbocycles. The van der Waals surface area contributed by atoms with E-state index < -0.39 is 0 Å². The van der Waals surface area contributed by atoms with Crippen LogP contribution in [0.15, 0.2) is 12.3 Å². The number of aliphatic hydroxyl groups excluding tert-OH is 1. The zero-order valence-corrected chi connectivity index (χ0v) is 8.56. The van der Waals surface area contributed by atoms with Crippen LogP contribution < -0.4 is 0 Å². The lowest BCUT2D eigenvalue weighted by molar-refractivity contribution is 0.152. The number of rotatable bonds is 3. The first kappa shape index (κ1) is 9.68. The molecule has 1 aliphatic heterocycles. The minimum atomic E-state index is 0.271. The molecule has 0 amide bonds. The van der Waals surface area contributed by atoms with Crippen molar-refractivity contribution in [2.45, 2.75) is 25.4 Å². The maximum atomic E-state index is 9.15. The zero-order chi connectivity index (χ0) is 9.97. The molecule has 4 heteroatoms. The summed E-state index contributed by atoms with van der Waals surface area (Å²) in [4.78, 5) is 2.31. The van der Waals surface area contributed by atoms with Crippen molar-refractivity contribution in [3.8, 4) is 0 Å². The van der Waals surface area contributed by atoms with Gasteiger partial charge in [0.1, 0.15) is 0 Å². The second-order valence-electron chi connectivity index (χ2n) is 3.93. The zero-order valence-electron chi connectivity index (χ0n) is 8.56. The third kappa shape index (κ3) is 1.96. The van der Waals surface area contributed by atoms with Crippen LogP contribution in [0.5, 0.6) is 0 Å². The molecule has 0 aliphatic carbocycles. The Balaban J connectivity index is 1.96. The SMILES string of the molecule is Cn1ccc(CN2CCC[C@@H]2CO)n1. The van der Waals surface area contributed by atoms with Gasteiger partial charge in [0.2, 0.25) is 0 Å². The number of aromatic nitrogens is 2. The molecule has 1 atom stereocenters. The first-order valence-corrected chi connectivity index (χ1v) is 5.13. The van der Waals surface area contributed by atoms with Crippen molar-refractivity contribution in [2.24, 2.45) is 7.05 Å². The summed E-state index contributed by atoms with van der Waals surface area (Å²) >= 11 is 0. The largest absolute Gasteiger partial charge is 0.395 e. The molecular weight excluding hydrogens is 178 g/mol. The van der Waals surface area contributed by atoms with Crippen LogP contribution in [0.1, 0.15) is 18.5 Å². The maximum absolute atomic E-state index is 9.15. The molecule has 1 N–H and O–H groups in total. The Morgan fingerprint density at radius 2 is 2.50 bits per heavy atom. The molecule has 0 spiro atoms. The van der Waals surface area contributed by atoms with Crippen LogP contribution >= 0.6 is 0 Å². The van der Waals surface area contributed by atoms with Gasteiger partial charge in [0, 0.05) is 25.8 Å². The summed E-state index contributed by atoms with van der Waals surface area (Å²) in [6, 6.07) is 2.38. The van der Waals surface area contributed by atoms with Gasteiger partial charge in [-0.1, -0.05) is 0 Å². The lowest BCUT2D eigenvalue weighted by atomic mass is 10.2. The maximum Gasteiger partial charge on any atom is 0.0764 e. The Labute approximate surface area is 84.1 Å². The fourth-order valence-electron chi connectivity index (χ4n) is 2.07. The van der Waals surface area contributed by atoms with E-state index in [1.165, 1.54) is 6.42 Å². The van der Waals surface area contributed by atoms with Crippen LogP contribution in [0.25, 0.3) is 0 Å². The van der Waals surface area contributed by atoms with Gasteiger partial charge in [-0.25, -0.2) is 0 Å². The van der Waals surface area contributed by atoms with Crippen LogP contribution in [0.3, 0.4) is 0 Å². The molecule has 4 nitrogen and oxygen atoms in total. The van der Waals surface area contributed by atoms with Crippen LogP contribution in [-0.4, -0.2) is 39.0 Å². The lowest BCUT2D eigenvalue weighted by Crippen LogP contribution is -2.31. The third-order valence-corrected chi connectivity index (χ3v) is 2.84. The van der Waals surface area contributed by atoms with Gasteiger partial charge >= 0.3 is 0 Å². The number of likely N-dealkylation sites (tertiary alicyclic amines) is 1. The van der Waals surface area contributed by atoms with E-state index in [1.807, 2.05) is 24.0 Å². The molecule has 1 aromatic heterocycles. The Morgan fingerprint density at radius 3 is 3.14 bits per heavy atom. The minimum Gasteiger partial charge on any atom is -0.395 e. The number of hydrogen-bond donors (Lipinski definition) is 1. The van der Waals surface area contributed by atoms with E-state index in [2.05, 4.69) is 10.00 Å². The molecule has 1 fully saturated rings. The first-order chi connectivity index (χ1) is 6.79. The van der Waals surface area contributed by atoms with Gasteiger partial charge < -0.3 is 5.11 Å². The fourth-order valence-corrected chi connectivity index (χ4v) is 2.07. The highest BCUT2D eigenvalue weighted by molar-refractivity contribution is 4.99. The van der Waals surface area contributed by atoms with Gasteiger partial charge in [0.25, 0.3) is 0 Å². The van der Waals surface area contributed by atoms with Crippen LogP contribution in [0, 0.1) is 0 Å². The molecule has 1 aliphatic rings. The average Bonchev–Trinajstić information content (AvgIpc) is 2.76. The molecule has 0 radical (unpaired) electrons. The molecule has 14 heavy (non-hydrogen) atoms. The molecule has 2 rings (SSSR count). The van der Waals surface area contributed by atoms with Gasteiger partial charge in [-0.3, -0.25) is 9.58 Å². The van der Waals surface area contributed by atoms with E-state index in [0.717, 1.165) is 25.2 Å². The molecule has 1 aromatic rings. The van der Waals surface area contributed by atoms with E-state index in [-0.39, 0.29) is 6.61 Å². The monoisotopic (exact) mass is 195 g/mol. The Morgan fingerprint density at radius 1 is 1.64 bits per heavy atom. The van der Waals surface area contributed by atoms with Crippen molar-refractivity contribution < 1.29 is 5.11 Å². The van der Waals surface area contributed by atoms with Crippen molar-refractivity contribution >= 4 is 0 Å². The van der Waals surface area contributed by atoms with Crippen molar-refractivity contribution in [3.63, 3.8) is 0 Å². The predicted octanol–water partition coefficient (Wildman–Crippen LogP) is 0.377. The third-order valence-electron chi connectivity index (χ3n) is 2.84. The average molecular weight is 195 g/mol. The quantitative estimate of drug-likeness (QED) is 0.758. The van der Waals surface area contributed by atoms with E-state index in [4.69, 9.17) is 5.11 Å². The molecule has 78 valence electrons. The van der Waals surface area contributed by atoms with Gasteiger partial charge in [-0.05, 0) is 25.5 Å².